The van der Waals surface area contributed by atoms with Crippen molar-refractivity contribution in [2.24, 2.45) is 5.92 Å². The van der Waals surface area contributed by atoms with Gasteiger partial charge in [0.15, 0.2) is 0 Å². The highest BCUT2D eigenvalue weighted by Gasteiger charge is 2.46. The van der Waals surface area contributed by atoms with Gasteiger partial charge in [0.2, 0.25) is 5.91 Å². The molecule has 0 aromatic heterocycles. The normalized spacial score (nSPS) is 19.1. The molecule has 1 spiro atoms. The highest BCUT2D eigenvalue weighted by Crippen LogP contribution is 2.47. The van der Waals surface area contributed by atoms with Gasteiger partial charge in [0, 0.05) is 30.1 Å². The Bertz CT molecular complexity index is 776. The van der Waals surface area contributed by atoms with Crippen molar-refractivity contribution in [2.45, 2.75) is 38.6 Å². The number of carbonyl (C=O) groups excluding carboxylic acids is 1. The molecule has 1 saturated heterocycles. The summed E-state index contributed by atoms with van der Waals surface area (Å²) in [5.41, 5.74) is 4.04. The summed E-state index contributed by atoms with van der Waals surface area (Å²) in [4.78, 5) is 17.4. The monoisotopic (exact) mass is 348 g/mol. The number of para-hydroxylation sites is 1. The Kier molecular flexibility index (Phi) is 4.58. The summed E-state index contributed by atoms with van der Waals surface area (Å²) in [6, 6.07) is 19.3. The van der Waals surface area contributed by atoms with Crippen LogP contribution in [0.15, 0.2) is 54.6 Å². The number of fused-ring (bicyclic) bond motifs is 2. The van der Waals surface area contributed by atoms with Gasteiger partial charge in [0.1, 0.15) is 0 Å². The number of hydrogen-bond donors (Lipinski definition) is 0. The maximum Gasteiger partial charge on any atom is 0.229 e. The first-order chi connectivity index (χ1) is 12.6. The molecule has 0 N–H and O–H groups in total. The van der Waals surface area contributed by atoms with Crippen molar-refractivity contribution in [1.82, 2.24) is 4.90 Å². The molecule has 0 bridgehead atoms. The molecule has 2 aliphatic heterocycles. The van der Waals surface area contributed by atoms with E-state index in [9.17, 15) is 4.79 Å². The van der Waals surface area contributed by atoms with Crippen molar-refractivity contribution >= 4 is 11.6 Å². The Labute approximate surface area is 156 Å². The average Bonchev–Trinajstić information content (AvgIpc) is 2.98. The van der Waals surface area contributed by atoms with Gasteiger partial charge >= 0.3 is 0 Å². The lowest BCUT2D eigenvalue weighted by Crippen LogP contribution is -2.46. The number of nitrogens with zero attached hydrogens (tertiary/aromatic N) is 2. The summed E-state index contributed by atoms with van der Waals surface area (Å²) in [5, 5.41) is 0. The van der Waals surface area contributed by atoms with Crippen molar-refractivity contribution in [3.8, 4) is 0 Å². The van der Waals surface area contributed by atoms with Gasteiger partial charge in [0.25, 0.3) is 0 Å². The van der Waals surface area contributed by atoms with Crippen LogP contribution >= 0.6 is 0 Å². The lowest BCUT2D eigenvalue weighted by molar-refractivity contribution is -0.121. The molecule has 2 aromatic carbocycles. The summed E-state index contributed by atoms with van der Waals surface area (Å²) < 4.78 is 0. The van der Waals surface area contributed by atoms with E-state index in [4.69, 9.17) is 0 Å². The minimum atomic E-state index is 0.0383. The molecule has 0 unspecified atom stereocenters. The minimum Gasteiger partial charge on any atom is -0.311 e. The van der Waals surface area contributed by atoms with E-state index < -0.39 is 0 Å². The quantitative estimate of drug-likeness (QED) is 0.829. The third kappa shape index (κ3) is 3.05. The highest BCUT2D eigenvalue weighted by molar-refractivity contribution is 5.97. The third-order valence-corrected chi connectivity index (χ3v) is 6.05. The highest BCUT2D eigenvalue weighted by atomic mass is 16.2. The van der Waals surface area contributed by atoms with E-state index in [2.05, 4.69) is 59.5 Å². The first-order valence-electron chi connectivity index (χ1n) is 9.76. The van der Waals surface area contributed by atoms with E-state index >= 15 is 0 Å². The van der Waals surface area contributed by atoms with Gasteiger partial charge in [-0.05, 0) is 43.1 Å². The van der Waals surface area contributed by atoms with Crippen LogP contribution in [0.4, 0.5) is 5.69 Å². The van der Waals surface area contributed by atoms with E-state index in [1.54, 1.807) is 0 Å². The van der Waals surface area contributed by atoms with Crippen LogP contribution in [0.25, 0.3) is 0 Å². The zero-order valence-electron chi connectivity index (χ0n) is 15.8. The van der Waals surface area contributed by atoms with Crippen LogP contribution in [0.3, 0.4) is 0 Å². The number of rotatable bonds is 3. The van der Waals surface area contributed by atoms with Crippen LogP contribution in [-0.2, 0) is 16.8 Å². The molecule has 0 saturated carbocycles. The van der Waals surface area contributed by atoms with Crippen LogP contribution in [0, 0.1) is 5.92 Å². The number of hydrogen-bond acceptors (Lipinski definition) is 2. The smallest absolute Gasteiger partial charge is 0.229 e. The fraction of sp³-hybridized carbons (Fsp3) is 0.435. The standard InChI is InChI=1S/C23H28N2O/c1-18(2)22(26)25-17-23(20-10-6-7-11-21(20)25)12-14-24(15-13-23)16-19-8-4-3-5-9-19/h3-11,18H,12-17H2,1-2H3. The molecule has 0 radical (unpaired) electrons. The molecule has 136 valence electrons. The lowest BCUT2D eigenvalue weighted by Gasteiger charge is -2.40. The van der Waals surface area contributed by atoms with Gasteiger partial charge in [-0.2, -0.15) is 0 Å². The maximum atomic E-state index is 12.8. The molecule has 0 aliphatic carbocycles. The van der Waals surface area contributed by atoms with Crippen molar-refractivity contribution in [3.63, 3.8) is 0 Å². The molecule has 2 aromatic rings. The van der Waals surface area contributed by atoms with Crippen LogP contribution in [0.5, 0.6) is 0 Å². The maximum absolute atomic E-state index is 12.8. The SMILES string of the molecule is CC(C)C(=O)N1CC2(CCN(Cc3ccccc3)CC2)c2ccccc21. The number of carbonyl (C=O) groups is 1. The Balaban J connectivity index is 1.52. The molecule has 2 aliphatic rings. The molecule has 3 nitrogen and oxygen atoms in total. The lowest BCUT2D eigenvalue weighted by atomic mass is 9.74. The number of piperidine rings is 1. The molecule has 1 fully saturated rings. The molecule has 4 rings (SSSR count). The third-order valence-electron chi connectivity index (χ3n) is 6.05. The molecular formula is C23H28N2O. The summed E-state index contributed by atoms with van der Waals surface area (Å²) in [6.07, 6.45) is 2.25. The number of anilines is 1. The molecular weight excluding hydrogens is 320 g/mol. The van der Waals surface area contributed by atoms with Crippen molar-refractivity contribution in [1.29, 1.82) is 0 Å². The van der Waals surface area contributed by atoms with Crippen LogP contribution < -0.4 is 4.90 Å². The summed E-state index contributed by atoms with van der Waals surface area (Å²) in [6.45, 7) is 8.05. The van der Waals surface area contributed by atoms with Crippen molar-refractivity contribution < 1.29 is 4.79 Å². The second kappa shape index (κ2) is 6.88. The molecule has 26 heavy (non-hydrogen) atoms. The minimum absolute atomic E-state index is 0.0383. The van der Waals surface area contributed by atoms with Gasteiger partial charge < -0.3 is 4.90 Å². The molecule has 1 amide bonds. The Morgan fingerprint density at radius 2 is 1.65 bits per heavy atom. The van der Waals surface area contributed by atoms with E-state index in [1.807, 2.05) is 18.7 Å². The van der Waals surface area contributed by atoms with E-state index in [1.165, 1.54) is 11.1 Å². The predicted molar refractivity (Wildman–Crippen MR) is 106 cm³/mol. The van der Waals surface area contributed by atoms with Crippen LogP contribution in [0.2, 0.25) is 0 Å². The number of benzene rings is 2. The van der Waals surface area contributed by atoms with Gasteiger partial charge in [0.05, 0.1) is 0 Å². The molecule has 0 atom stereocenters. The van der Waals surface area contributed by atoms with E-state index in [0.717, 1.165) is 44.7 Å². The Hall–Kier alpha value is -2.13. The fourth-order valence-electron chi connectivity index (χ4n) is 4.55. The second-order valence-electron chi connectivity index (χ2n) is 8.14. The summed E-state index contributed by atoms with van der Waals surface area (Å²) >= 11 is 0. The van der Waals surface area contributed by atoms with Crippen molar-refractivity contribution in [2.75, 3.05) is 24.5 Å². The van der Waals surface area contributed by atoms with Gasteiger partial charge in [-0.1, -0.05) is 62.4 Å². The van der Waals surface area contributed by atoms with E-state index in [-0.39, 0.29) is 17.2 Å². The summed E-state index contributed by atoms with van der Waals surface area (Å²) in [7, 11) is 0. The predicted octanol–water partition coefficient (Wildman–Crippen LogP) is 4.22. The summed E-state index contributed by atoms with van der Waals surface area (Å²) in [5.74, 6) is 0.289. The fourth-order valence-corrected chi connectivity index (χ4v) is 4.55. The Morgan fingerprint density at radius 1 is 1.00 bits per heavy atom. The number of likely N-dealkylation sites (tertiary alicyclic amines) is 1. The largest absolute Gasteiger partial charge is 0.311 e. The molecule has 3 heteroatoms. The van der Waals surface area contributed by atoms with Gasteiger partial charge in [-0.3, -0.25) is 9.69 Å². The second-order valence-corrected chi connectivity index (χ2v) is 8.14. The van der Waals surface area contributed by atoms with Gasteiger partial charge in [-0.15, -0.1) is 0 Å². The Morgan fingerprint density at radius 3 is 2.35 bits per heavy atom. The first-order valence-corrected chi connectivity index (χ1v) is 9.76. The van der Waals surface area contributed by atoms with Crippen LogP contribution in [0.1, 0.15) is 37.8 Å². The number of amides is 1. The average molecular weight is 348 g/mol. The zero-order chi connectivity index (χ0) is 18.1. The van der Waals surface area contributed by atoms with Crippen LogP contribution in [-0.4, -0.2) is 30.4 Å². The van der Waals surface area contributed by atoms with Crippen molar-refractivity contribution in [3.05, 3.63) is 65.7 Å². The first kappa shape index (κ1) is 17.3. The zero-order valence-corrected chi connectivity index (χ0v) is 15.8. The van der Waals surface area contributed by atoms with E-state index in [0.29, 0.717) is 0 Å². The molecule has 2 heterocycles. The topological polar surface area (TPSA) is 23.6 Å². The van der Waals surface area contributed by atoms with Gasteiger partial charge in [-0.25, -0.2) is 0 Å².